The Morgan fingerprint density at radius 2 is 1.92 bits per heavy atom. The van der Waals surface area contributed by atoms with Crippen molar-refractivity contribution < 1.29 is 27.5 Å². The van der Waals surface area contributed by atoms with E-state index in [2.05, 4.69) is 5.32 Å². The number of amides is 2. The van der Waals surface area contributed by atoms with Crippen LogP contribution in [0.1, 0.15) is 17.2 Å². The van der Waals surface area contributed by atoms with Gasteiger partial charge in [0.05, 0.1) is 11.3 Å². The Morgan fingerprint density at radius 1 is 1.20 bits per heavy atom. The topological polar surface area (TPSA) is 67.4 Å². The number of methoxy groups -OCH3 is 1. The van der Waals surface area contributed by atoms with Gasteiger partial charge in [-0.05, 0) is 34.5 Å². The number of hydrogen-bond acceptors (Lipinski definition) is 4. The van der Waals surface area contributed by atoms with Crippen LogP contribution >= 0.6 is 11.3 Å². The molecule has 0 unspecified atom stereocenters. The molecular weight excluding hydrogens is 357 g/mol. The molecule has 0 bridgehead atoms. The van der Waals surface area contributed by atoms with Crippen molar-refractivity contribution in [3.8, 4) is 0 Å². The van der Waals surface area contributed by atoms with E-state index in [0.29, 0.717) is 0 Å². The Kier molecular flexibility index (Phi) is 6.16. The fraction of sp³-hybridized carbons (Fsp3) is 0.250. The number of benzene rings is 1. The quantitative estimate of drug-likeness (QED) is 0.792. The van der Waals surface area contributed by atoms with E-state index in [0.717, 1.165) is 17.7 Å². The minimum absolute atomic E-state index is 0.0143. The molecule has 25 heavy (non-hydrogen) atoms. The third-order valence-electron chi connectivity index (χ3n) is 3.33. The number of halogens is 3. The summed E-state index contributed by atoms with van der Waals surface area (Å²) in [4.78, 5) is 23.7. The molecular formula is C16H15F3N2O3S. The fourth-order valence-corrected chi connectivity index (χ4v) is 2.78. The third-order valence-corrected chi connectivity index (χ3v) is 4.04. The molecule has 2 N–H and O–H groups in total. The Balaban J connectivity index is 1.98. The summed E-state index contributed by atoms with van der Waals surface area (Å²) in [6, 6.07) is 6.25. The average molecular weight is 372 g/mol. The second-order valence-corrected chi connectivity index (χ2v) is 5.77. The van der Waals surface area contributed by atoms with Crippen LogP contribution in [0.2, 0.25) is 0 Å². The van der Waals surface area contributed by atoms with Crippen molar-refractivity contribution in [2.24, 2.45) is 0 Å². The summed E-state index contributed by atoms with van der Waals surface area (Å²) in [5.41, 5.74) is -0.670. The van der Waals surface area contributed by atoms with Crippen molar-refractivity contribution in [3.05, 3.63) is 52.2 Å². The number of nitrogens with one attached hydrogen (secondary N) is 2. The predicted octanol–water partition coefficient (Wildman–Crippen LogP) is 3.21. The molecule has 0 saturated carbocycles. The second kappa shape index (κ2) is 8.13. The summed E-state index contributed by atoms with van der Waals surface area (Å²) in [5, 5.41) is 8.00. The molecule has 2 rings (SSSR count). The van der Waals surface area contributed by atoms with Gasteiger partial charge in [-0.25, -0.2) is 0 Å². The lowest BCUT2D eigenvalue weighted by Gasteiger charge is -2.16. The molecule has 0 aliphatic rings. The third kappa shape index (κ3) is 5.04. The maximum atomic E-state index is 12.9. The summed E-state index contributed by atoms with van der Waals surface area (Å²) in [5.74, 6) is -2.23. The minimum atomic E-state index is -4.64. The van der Waals surface area contributed by atoms with Gasteiger partial charge in [0.1, 0.15) is 6.10 Å². The maximum absolute atomic E-state index is 12.9. The van der Waals surface area contributed by atoms with E-state index in [1.807, 2.05) is 22.1 Å². The standard InChI is InChI=1S/C16H15F3N2O3S/c1-24-13(10-6-7-25-9-10)8-20-14(22)15(23)21-12-5-3-2-4-11(12)16(17,18)19/h2-7,9,13H,8H2,1H3,(H,20,22)(H,21,23)/t13-/m1/s1. The normalized spacial score (nSPS) is 12.5. The first-order chi connectivity index (χ1) is 11.8. The van der Waals surface area contributed by atoms with E-state index in [1.54, 1.807) is 0 Å². The number of carbonyl (C=O) groups is 2. The van der Waals surface area contributed by atoms with Crippen LogP contribution < -0.4 is 10.6 Å². The Hall–Kier alpha value is -2.39. The number of thiophene rings is 1. The van der Waals surface area contributed by atoms with Crippen molar-refractivity contribution in [3.63, 3.8) is 0 Å². The lowest BCUT2D eigenvalue weighted by molar-refractivity contribution is -0.138. The molecule has 1 atom stereocenters. The molecule has 2 aromatic rings. The molecule has 0 saturated heterocycles. The first kappa shape index (κ1) is 18.9. The largest absolute Gasteiger partial charge is 0.418 e. The van der Waals surface area contributed by atoms with Crippen LogP contribution in [-0.2, 0) is 20.5 Å². The molecule has 0 fully saturated rings. The first-order valence-corrected chi connectivity index (χ1v) is 8.07. The summed E-state index contributed by atoms with van der Waals surface area (Å²) in [7, 11) is 1.45. The van der Waals surface area contributed by atoms with Gasteiger partial charge < -0.3 is 15.4 Å². The van der Waals surface area contributed by atoms with Crippen molar-refractivity contribution in [2.45, 2.75) is 12.3 Å². The number of carbonyl (C=O) groups excluding carboxylic acids is 2. The van der Waals surface area contributed by atoms with E-state index in [1.165, 1.54) is 30.6 Å². The fourth-order valence-electron chi connectivity index (χ4n) is 2.08. The maximum Gasteiger partial charge on any atom is 0.418 e. The predicted molar refractivity (Wildman–Crippen MR) is 87.2 cm³/mol. The highest BCUT2D eigenvalue weighted by Gasteiger charge is 2.34. The van der Waals surface area contributed by atoms with E-state index in [9.17, 15) is 22.8 Å². The molecule has 134 valence electrons. The zero-order valence-electron chi connectivity index (χ0n) is 13.1. The summed E-state index contributed by atoms with van der Waals surface area (Å²) >= 11 is 1.45. The van der Waals surface area contributed by atoms with E-state index in [-0.39, 0.29) is 6.54 Å². The van der Waals surface area contributed by atoms with Crippen LogP contribution in [0.4, 0.5) is 18.9 Å². The molecule has 2 amide bonds. The molecule has 0 aliphatic carbocycles. The zero-order chi connectivity index (χ0) is 18.4. The molecule has 9 heteroatoms. The van der Waals surface area contributed by atoms with Gasteiger partial charge in [0.15, 0.2) is 0 Å². The Labute approximate surface area is 145 Å². The van der Waals surface area contributed by atoms with Crippen LogP contribution in [0.25, 0.3) is 0 Å². The number of para-hydroxylation sites is 1. The van der Waals surface area contributed by atoms with Crippen LogP contribution in [0.5, 0.6) is 0 Å². The molecule has 0 aliphatic heterocycles. The Bertz CT molecular complexity index is 732. The van der Waals surface area contributed by atoms with E-state index in [4.69, 9.17) is 4.74 Å². The smallest absolute Gasteiger partial charge is 0.375 e. The molecule has 1 aromatic carbocycles. The zero-order valence-corrected chi connectivity index (χ0v) is 13.9. The minimum Gasteiger partial charge on any atom is -0.375 e. The Morgan fingerprint density at radius 3 is 2.52 bits per heavy atom. The van der Waals surface area contributed by atoms with Crippen LogP contribution in [0.15, 0.2) is 41.1 Å². The highest BCUT2D eigenvalue weighted by atomic mass is 32.1. The van der Waals surface area contributed by atoms with Crippen LogP contribution in [-0.4, -0.2) is 25.5 Å². The lowest BCUT2D eigenvalue weighted by atomic mass is 10.1. The highest BCUT2D eigenvalue weighted by molar-refractivity contribution is 7.07. The molecule has 1 aromatic heterocycles. The lowest BCUT2D eigenvalue weighted by Crippen LogP contribution is -2.38. The summed E-state index contributed by atoms with van der Waals surface area (Å²) in [6.45, 7) is 0.0143. The number of hydrogen-bond donors (Lipinski definition) is 2. The SMILES string of the molecule is CO[C@H](CNC(=O)C(=O)Nc1ccccc1C(F)(F)F)c1ccsc1. The van der Waals surface area contributed by atoms with Gasteiger partial charge in [-0.15, -0.1) is 0 Å². The highest BCUT2D eigenvalue weighted by Crippen LogP contribution is 2.34. The summed E-state index contributed by atoms with van der Waals surface area (Å²) < 4.78 is 43.9. The van der Waals surface area contributed by atoms with Gasteiger partial charge in [0.25, 0.3) is 0 Å². The van der Waals surface area contributed by atoms with Crippen LogP contribution in [0.3, 0.4) is 0 Å². The second-order valence-electron chi connectivity index (χ2n) is 4.99. The number of ether oxygens (including phenoxy) is 1. The molecule has 0 spiro atoms. The first-order valence-electron chi connectivity index (χ1n) is 7.13. The number of anilines is 1. The van der Waals surface area contributed by atoms with Gasteiger partial charge >= 0.3 is 18.0 Å². The monoisotopic (exact) mass is 372 g/mol. The average Bonchev–Trinajstić information content (AvgIpc) is 3.09. The van der Waals surface area contributed by atoms with Crippen molar-refractivity contribution in [2.75, 3.05) is 19.0 Å². The summed E-state index contributed by atoms with van der Waals surface area (Å²) in [6.07, 6.45) is -5.09. The van der Waals surface area contributed by atoms with Gasteiger partial charge in [-0.2, -0.15) is 24.5 Å². The van der Waals surface area contributed by atoms with Gasteiger partial charge in [0, 0.05) is 13.7 Å². The van der Waals surface area contributed by atoms with Crippen LogP contribution in [0, 0.1) is 0 Å². The van der Waals surface area contributed by atoms with Crippen molar-refractivity contribution in [1.29, 1.82) is 0 Å². The van der Waals surface area contributed by atoms with Crippen molar-refractivity contribution >= 4 is 28.8 Å². The van der Waals surface area contributed by atoms with Gasteiger partial charge in [-0.1, -0.05) is 12.1 Å². The molecule has 0 radical (unpaired) electrons. The van der Waals surface area contributed by atoms with E-state index >= 15 is 0 Å². The van der Waals surface area contributed by atoms with Gasteiger partial charge in [0.2, 0.25) is 0 Å². The van der Waals surface area contributed by atoms with Gasteiger partial charge in [-0.3, -0.25) is 9.59 Å². The van der Waals surface area contributed by atoms with Crippen molar-refractivity contribution in [1.82, 2.24) is 5.32 Å². The number of rotatable bonds is 5. The van der Waals surface area contributed by atoms with E-state index < -0.39 is 35.3 Å². The molecule has 1 heterocycles. The number of alkyl halides is 3. The molecule has 5 nitrogen and oxygen atoms in total.